The number of aliphatic hydroxyl groups excluding tert-OH is 1. The van der Waals surface area contributed by atoms with Crippen LogP contribution in [-0.2, 0) is 4.79 Å². The maximum atomic E-state index is 11.7. The van der Waals surface area contributed by atoms with Crippen molar-refractivity contribution >= 4 is 5.91 Å². The summed E-state index contributed by atoms with van der Waals surface area (Å²) in [6.45, 7) is 6.93. The first-order chi connectivity index (χ1) is 6.52. The van der Waals surface area contributed by atoms with Crippen LogP contribution in [0.4, 0.5) is 0 Å². The van der Waals surface area contributed by atoms with Crippen LogP contribution in [0.15, 0.2) is 0 Å². The van der Waals surface area contributed by atoms with Gasteiger partial charge in [-0.3, -0.25) is 4.79 Å². The van der Waals surface area contributed by atoms with Gasteiger partial charge in [-0.15, -0.1) is 0 Å². The van der Waals surface area contributed by atoms with Gasteiger partial charge in [-0.1, -0.05) is 13.8 Å². The van der Waals surface area contributed by atoms with Gasteiger partial charge in [-0.05, 0) is 19.3 Å². The van der Waals surface area contributed by atoms with Crippen molar-refractivity contribution in [2.75, 3.05) is 19.7 Å². The number of hydrogen-bond acceptors (Lipinski definition) is 3. The van der Waals surface area contributed by atoms with E-state index in [1.165, 1.54) is 0 Å². The van der Waals surface area contributed by atoms with Gasteiger partial charge < -0.3 is 15.7 Å². The second kappa shape index (κ2) is 6.79. The van der Waals surface area contributed by atoms with Crippen molar-refractivity contribution in [1.29, 1.82) is 0 Å². The summed E-state index contributed by atoms with van der Waals surface area (Å²) < 4.78 is 0. The lowest BCUT2D eigenvalue weighted by Crippen LogP contribution is -2.45. The molecule has 0 bridgehead atoms. The number of likely N-dealkylation sites (N-methyl/N-ethyl adjacent to an activating group) is 1. The molecule has 0 radical (unpaired) electrons. The number of amides is 1. The lowest BCUT2D eigenvalue weighted by atomic mass is 10.0. The molecule has 14 heavy (non-hydrogen) atoms. The summed E-state index contributed by atoms with van der Waals surface area (Å²) in [6, 6.07) is -0.429. The molecule has 3 N–H and O–H groups in total. The van der Waals surface area contributed by atoms with Gasteiger partial charge in [0, 0.05) is 13.1 Å². The van der Waals surface area contributed by atoms with Gasteiger partial charge in [0.25, 0.3) is 0 Å². The SMILES string of the molecule is CCN(CCO)C(=O)C(N)CC(C)C. The Morgan fingerprint density at radius 3 is 2.43 bits per heavy atom. The second-order valence-electron chi connectivity index (χ2n) is 3.88. The van der Waals surface area contributed by atoms with E-state index >= 15 is 0 Å². The summed E-state index contributed by atoms with van der Waals surface area (Å²) in [5.74, 6) is 0.358. The van der Waals surface area contributed by atoms with Crippen molar-refractivity contribution in [2.24, 2.45) is 11.7 Å². The Labute approximate surface area is 86.1 Å². The van der Waals surface area contributed by atoms with Crippen LogP contribution < -0.4 is 5.73 Å². The standard InChI is InChI=1S/C10H22N2O2/c1-4-12(5-6-13)10(14)9(11)7-8(2)3/h8-9,13H,4-7,11H2,1-3H3. The minimum absolute atomic E-state index is 0.00597. The van der Waals surface area contributed by atoms with Crippen molar-refractivity contribution in [2.45, 2.75) is 33.2 Å². The predicted molar refractivity (Wildman–Crippen MR) is 56.8 cm³/mol. The third kappa shape index (κ3) is 4.58. The molecule has 84 valence electrons. The summed E-state index contributed by atoms with van der Waals surface area (Å²) in [6.07, 6.45) is 0.695. The van der Waals surface area contributed by atoms with Crippen molar-refractivity contribution in [1.82, 2.24) is 4.90 Å². The number of nitrogens with two attached hydrogens (primary N) is 1. The summed E-state index contributed by atoms with van der Waals surface area (Å²) in [5, 5.41) is 8.75. The molecule has 0 aromatic rings. The van der Waals surface area contributed by atoms with E-state index in [-0.39, 0.29) is 12.5 Å². The number of hydrogen-bond donors (Lipinski definition) is 2. The highest BCUT2D eigenvalue weighted by atomic mass is 16.3. The van der Waals surface area contributed by atoms with Crippen LogP contribution >= 0.6 is 0 Å². The molecule has 4 heteroatoms. The van der Waals surface area contributed by atoms with E-state index in [4.69, 9.17) is 10.8 Å². The van der Waals surface area contributed by atoms with E-state index in [0.29, 0.717) is 25.4 Å². The molecule has 0 rings (SSSR count). The van der Waals surface area contributed by atoms with Gasteiger partial charge in [-0.25, -0.2) is 0 Å². The average molecular weight is 202 g/mol. The Bertz CT molecular complexity index is 172. The molecule has 0 heterocycles. The summed E-state index contributed by atoms with van der Waals surface area (Å²) in [5.41, 5.74) is 5.75. The fourth-order valence-corrected chi connectivity index (χ4v) is 1.39. The number of nitrogens with zero attached hydrogens (tertiary/aromatic N) is 1. The average Bonchev–Trinajstić information content (AvgIpc) is 2.12. The molecule has 0 aliphatic rings. The minimum atomic E-state index is -0.429. The molecule has 0 spiro atoms. The highest BCUT2D eigenvalue weighted by Crippen LogP contribution is 2.05. The molecular weight excluding hydrogens is 180 g/mol. The molecule has 0 aromatic heterocycles. The fourth-order valence-electron chi connectivity index (χ4n) is 1.39. The molecule has 0 aliphatic heterocycles. The van der Waals surface area contributed by atoms with Crippen molar-refractivity contribution in [3.8, 4) is 0 Å². The number of carbonyl (C=O) groups excluding carboxylic acids is 1. The highest BCUT2D eigenvalue weighted by molar-refractivity contribution is 5.81. The van der Waals surface area contributed by atoms with Crippen LogP contribution in [0.25, 0.3) is 0 Å². The quantitative estimate of drug-likeness (QED) is 0.646. The lowest BCUT2D eigenvalue weighted by Gasteiger charge is -2.24. The van der Waals surface area contributed by atoms with Gasteiger partial charge in [-0.2, -0.15) is 0 Å². The fraction of sp³-hybridized carbons (Fsp3) is 0.900. The molecular formula is C10H22N2O2. The summed E-state index contributed by atoms with van der Waals surface area (Å²) >= 11 is 0. The Morgan fingerprint density at radius 2 is 2.07 bits per heavy atom. The number of carbonyl (C=O) groups is 1. The van der Waals surface area contributed by atoms with Crippen molar-refractivity contribution in [3.05, 3.63) is 0 Å². The van der Waals surface area contributed by atoms with E-state index in [1.54, 1.807) is 4.90 Å². The van der Waals surface area contributed by atoms with Gasteiger partial charge in [0.2, 0.25) is 5.91 Å². The Kier molecular flexibility index (Phi) is 6.49. The number of rotatable bonds is 6. The third-order valence-corrected chi connectivity index (χ3v) is 2.11. The zero-order chi connectivity index (χ0) is 11.1. The van der Waals surface area contributed by atoms with Crippen LogP contribution in [0.3, 0.4) is 0 Å². The van der Waals surface area contributed by atoms with Gasteiger partial charge in [0.15, 0.2) is 0 Å². The van der Waals surface area contributed by atoms with E-state index in [1.807, 2.05) is 20.8 Å². The molecule has 1 amide bonds. The first-order valence-electron chi connectivity index (χ1n) is 5.18. The minimum Gasteiger partial charge on any atom is -0.395 e. The van der Waals surface area contributed by atoms with Gasteiger partial charge in [0.1, 0.15) is 0 Å². The summed E-state index contributed by atoms with van der Waals surface area (Å²) in [7, 11) is 0. The third-order valence-electron chi connectivity index (χ3n) is 2.11. The molecule has 0 saturated heterocycles. The molecule has 0 saturated carbocycles. The second-order valence-corrected chi connectivity index (χ2v) is 3.88. The van der Waals surface area contributed by atoms with Crippen LogP contribution in [0.1, 0.15) is 27.2 Å². The van der Waals surface area contributed by atoms with Crippen molar-refractivity contribution in [3.63, 3.8) is 0 Å². The molecule has 0 fully saturated rings. The first kappa shape index (κ1) is 13.4. The maximum absolute atomic E-state index is 11.7. The highest BCUT2D eigenvalue weighted by Gasteiger charge is 2.19. The Balaban J connectivity index is 4.12. The van der Waals surface area contributed by atoms with E-state index in [2.05, 4.69) is 0 Å². The van der Waals surface area contributed by atoms with Crippen molar-refractivity contribution < 1.29 is 9.90 Å². The molecule has 0 aromatic carbocycles. The smallest absolute Gasteiger partial charge is 0.239 e. The van der Waals surface area contributed by atoms with E-state index in [9.17, 15) is 4.79 Å². The first-order valence-corrected chi connectivity index (χ1v) is 5.18. The lowest BCUT2D eigenvalue weighted by molar-refractivity contribution is -0.133. The molecule has 1 atom stereocenters. The molecule has 0 aliphatic carbocycles. The molecule has 4 nitrogen and oxygen atoms in total. The van der Waals surface area contributed by atoms with E-state index < -0.39 is 6.04 Å². The van der Waals surface area contributed by atoms with E-state index in [0.717, 1.165) is 0 Å². The van der Waals surface area contributed by atoms with Crippen LogP contribution in [0, 0.1) is 5.92 Å². The largest absolute Gasteiger partial charge is 0.395 e. The van der Waals surface area contributed by atoms with Gasteiger partial charge in [0.05, 0.1) is 12.6 Å². The Hall–Kier alpha value is -0.610. The predicted octanol–water partition coefficient (Wildman–Crippen LogP) is 0.201. The van der Waals surface area contributed by atoms with Crippen LogP contribution in [0.5, 0.6) is 0 Å². The maximum Gasteiger partial charge on any atom is 0.239 e. The van der Waals surface area contributed by atoms with Gasteiger partial charge >= 0.3 is 0 Å². The van der Waals surface area contributed by atoms with Crippen LogP contribution in [0.2, 0.25) is 0 Å². The molecule has 1 unspecified atom stereocenters. The monoisotopic (exact) mass is 202 g/mol. The normalized spacial score (nSPS) is 13.0. The summed E-state index contributed by atoms with van der Waals surface area (Å²) in [4.78, 5) is 13.3. The van der Waals surface area contributed by atoms with Crippen LogP contribution in [-0.4, -0.2) is 41.7 Å². The topological polar surface area (TPSA) is 66.6 Å². The zero-order valence-electron chi connectivity index (χ0n) is 9.36. The number of aliphatic hydroxyl groups is 1. The Morgan fingerprint density at radius 1 is 1.50 bits per heavy atom. The zero-order valence-corrected chi connectivity index (χ0v) is 9.36.